The Labute approximate surface area is 88.1 Å². The number of rotatable bonds is 0. The maximum atomic E-state index is 12.0. The smallest absolute Gasteiger partial charge is 0.235 e. The van der Waals surface area contributed by atoms with Crippen LogP contribution in [0.1, 0.15) is 31.2 Å². The first-order chi connectivity index (χ1) is 7.22. The van der Waals surface area contributed by atoms with Gasteiger partial charge in [-0.1, -0.05) is 12.8 Å². The number of phenolic OH excluding ortho intramolecular Hbond substituents is 1. The van der Waals surface area contributed by atoms with E-state index >= 15 is 0 Å². The topological polar surface area (TPSA) is 49.3 Å². The molecular weight excluding hydrogens is 190 g/mol. The van der Waals surface area contributed by atoms with Crippen molar-refractivity contribution in [2.45, 2.75) is 31.1 Å². The number of hydrogen-bond donors (Lipinski definition) is 2. The molecule has 1 spiro atoms. The number of phenols is 1. The van der Waals surface area contributed by atoms with E-state index in [9.17, 15) is 9.90 Å². The molecule has 1 aromatic rings. The number of amides is 1. The highest BCUT2D eigenvalue weighted by molar-refractivity contribution is 6.06. The molecule has 0 unspecified atom stereocenters. The van der Waals surface area contributed by atoms with Crippen molar-refractivity contribution in [1.29, 1.82) is 0 Å². The minimum absolute atomic E-state index is 0.112. The highest BCUT2D eigenvalue weighted by atomic mass is 16.3. The summed E-state index contributed by atoms with van der Waals surface area (Å²) in [6, 6.07) is 5.14. The summed E-state index contributed by atoms with van der Waals surface area (Å²) in [5.41, 5.74) is 1.53. The Hall–Kier alpha value is -1.51. The van der Waals surface area contributed by atoms with Crippen molar-refractivity contribution in [3.05, 3.63) is 23.8 Å². The minimum Gasteiger partial charge on any atom is -0.508 e. The predicted octanol–water partition coefficient (Wildman–Crippen LogP) is 2.16. The van der Waals surface area contributed by atoms with E-state index in [1.807, 2.05) is 0 Å². The molecule has 1 heterocycles. The van der Waals surface area contributed by atoms with Crippen molar-refractivity contribution < 1.29 is 9.90 Å². The number of benzene rings is 1. The molecule has 1 saturated carbocycles. The molecule has 1 aromatic carbocycles. The van der Waals surface area contributed by atoms with Gasteiger partial charge in [0.25, 0.3) is 0 Å². The van der Waals surface area contributed by atoms with Gasteiger partial charge < -0.3 is 10.4 Å². The van der Waals surface area contributed by atoms with E-state index in [0.717, 1.165) is 36.9 Å². The lowest BCUT2D eigenvalue weighted by Crippen LogP contribution is -2.30. The van der Waals surface area contributed by atoms with Crippen LogP contribution in [0.5, 0.6) is 5.75 Å². The summed E-state index contributed by atoms with van der Waals surface area (Å²) in [6.07, 6.45) is 4.02. The summed E-state index contributed by atoms with van der Waals surface area (Å²) in [5.74, 6) is 0.358. The molecule has 0 aromatic heterocycles. The molecule has 0 radical (unpaired) electrons. The molecule has 78 valence electrons. The third-order valence-electron chi connectivity index (χ3n) is 3.66. The number of anilines is 1. The van der Waals surface area contributed by atoms with E-state index in [4.69, 9.17) is 0 Å². The van der Waals surface area contributed by atoms with Crippen molar-refractivity contribution in [3.8, 4) is 5.75 Å². The zero-order valence-electron chi connectivity index (χ0n) is 8.42. The predicted molar refractivity (Wildman–Crippen MR) is 56.9 cm³/mol. The Morgan fingerprint density at radius 1 is 1.27 bits per heavy atom. The van der Waals surface area contributed by atoms with Crippen molar-refractivity contribution in [2.24, 2.45) is 0 Å². The Morgan fingerprint density at radius 2 is 2.00 bits per heavy atom. The van der Waals surface area contributed by atoms with Crippen LogP contribution in [-0.2, 0) is 10.2 Å². The van der Waals surface area contributed by atoms with Crippen molar-refractivity contribution in [3.63, 3.8) is 0 Å². The quantitative estimate of drug-likeness (QED) is 0.635. The number of carbonyl (C=O) groups excluding carboxylic acids is 1. The summed E-state index contributed by atoms with van der Waals surface area (Å²) in [4.78, 5) is 12.0. The van der Waals surface area contributed by atoms with Crippen molar-refractivity contribution in [2.75, 3.05) is 5.32 Å². The van der Waals surface area contributed by atoms with Gasteiger partial charge in [-0.25, -0.2) is 0 Å². The van der Waals surface area contributed by atoms with Gasteiger partial charge in [-0.05, 0) is 36.6 Å². The van der Waals surface area contributed by atoms with Gasteiger partial charge in [-0.3, -0.25) is 4.79 Å². The molecule has 1 aliphatic carbocycles. The van der Waals surface area contributed by atoms with Crippen LogP contribution >= 0.6 is 0 Å². The van der Waals surface area contributed by atoms with E-state index < -0.39 is 0 Å². The fourth-order valence-corrected chi connectivity index (χ4v) is 2.88. The second kappa shape index (κ2) is 2.75. The molecule has 2 aliphatic rings. The Balaban J connectivity index is 2.19. The zero-order chi connectivity index (χ0) is 10.5. The van der Waals surface area contributed by atoms with Gasteiger partial charge in [0.2, 0.25) is 5.91 Å². The van der Waals surface area contributed by atoms with Crippen molar-refractivity contribution in [1.82, 2.24) is 0 Å². The van der Waals surface area contributed by atoms with Gasteiger partial charge in [0.15, 0.2) is 0 Å². The maximum absolute atomic E-state index is 12.0. The van der Waals surface area contributed by atoms with Gasteiger partial charge in [0.05, 0.1) is 5.41 Å². The fraction of sp³-hybridized carbons (Fsp3) is 0.417. The van der Waals surface area contributed by atoms with Crippen molar-refractivity contribution >= 4 is 11.6 Å². The highest BCUT2D eigenvalue weighted by Gasteiger charge is 2.48. The van der Waals surface area contributed by atoms with Crippen LogP contribution in [0.15, 0.2) is 18.2 Å². The van der Waals surface area contributed by atoms with Crippen LogP contribution < -0.4 is 5.32 Å². The first kappa shape index (κ1) is 8.77. The molecule has 1 fully saturated rings. The van der Waals surface area contributed by atoms with E-state index in [1.54, 1.807) is 18.2 Å². The zero-order valence-corrected chi connectivity index (χ0v) is 8.42. The van der Waals surface area contributed by atoms with Gasteiger partial charge in [-0.15, -0.1) is 0 Å². The van der Waals surface area contributed by atoms with Crippen LogP contribution in [0.3, 0.4) is 0 Å². The van der Waals surface area contributed by atoms with Gasteiger partial charge >= 0.3 is 0 Å². The van der Waals surface area contributed by atoms with Crippen LogP contribution in [0.4, 0.5) is 5.69 Å². The summed E-state index contributed by atoms with van der Waals surface area (Å²) >= 11 is 0. The first-order valence-corrected chi connectivity index (χ1v) is 5.37. The summed E-state index contributed by atoms with van der Waals surface area (Å²) < 4.78 is 0. The highest BCUT2D eigenvalue weighted by Crippen LogP contribution is 2.49. The molecule has 3 rings (SSSR count). The lowest BCUT2D eigenvalue weighted by molar-refractivity contribution is -0.120. The van der Waals surface area contributed by atoms with Crippen LogP contribution in [0.2, 0.25) is 0 Å². The van der Waals surface area contributed by atoms with E-state index in [1.165, 1.54) is 0 Å². The number of fused-ring (bicyclic) bond motifs is 2. The third kappa shape index (κ3) is 1.03. The molecule has 15 heavy (non-hydrogen) atoms. The number of hydrogen-bond acceptors (Lipinski definition) is 2. The van der Waals surface area contributed by atoms with Crippen LogP contribution in [-0.4, -0.2) is 11.0 Å². The second-order valence-corrected chi connectivity index (χ2v) is 4.47. The van der Waals surface area contributed by atoms with E-state index in [2.05, 4.69) is 5.32 Å². The minimum atomic E-state index is -0.339. The van der Waals surface area contributed by atoms with Crippen LogP contribution in [0.25, 0.3) is 0 Å². The standard InChI is InChI=1S/C12H13NO2/c14-8-3-4-10-9(7-8)12(11(15)13-10)5-1-2-6-12/h3-4,7,14H,1-2,5-6H2,(H,13,15). The third-order valence-corrected chi connectivity index (χ3v) is 3.66. The first-order valence-electron chi connectivity index (χ1n) is 5.37. The molecule has 1 aliphatic heterocycles. The second-order valence-electron chi connectivity index (χ2n) is 4.47. The molecular formula is C12H13NO2. The maximum Gasteiger partial charge on any atom is 0.235 e. The monoisotopic (exact) mass is 203 g/mol. The lowest BCUT2D eigenvalue weighted by atomic mass is 9.80. The Kier molecular flexibility index (Phi) is 1.61. The molecule has 1 amide bonds. The summed E-state index contributed by atoms with van der Waals surface area (Å²) in [7, 11) is 0. The molecule has 2 N–H and O–H groups in total. The Morgan fingerprint density at radius 3 is 2.73 bits per heavy atom. The largest absolute Gasteiger partial charge is 0.508 e. The molecule has 0 atom stereocenters. The summed E-state index contributed by atoms with van der Waals surface area (Å²) in [5, 5.41) is 12.4. The van der Waals surface area contributed by atoms with Gasteiger partial charge in [0.1, 0.15) is 5.75 Å². The molecule has 0 saturated heterocycles. The average Bonchev–Trinajstić information content (AvgIpc) is 2.78. The molecule has 3 nitrogen and oxygen atoms in total. The normalized spacial score (nSPS) is 21.7. The number of nitrogens with one attached hydrogen (secondary N) is 1. The molecule has 3 heteroatoms. The number of carbonyl (C=O) groups is 1. The van der Waals surface area contributed by atoms with Gasteiger partial charge in [-0.2, -0.15) is 0 Å². The van der Waals surface area contributed by atoms with E-state index in [0.29, 0.717) is 0 Å². The Bertz CT molecular complexity index is 433. The summed E-state index contributed by atoms with van der Waals surface area (Å²) in [6.45, 7) is 0. The lowest BCUT2D eigenvalue weighted by Gasteiger charge is -2.20. The molecule has 0 bridgehead atoms. The van der Waals surface area contributed by atoms with Gasteiger partial charge in [0, 0.05) is 5.69 Å². The SMILES string of the molecule is O=C1Nc2ccc(O)cc2C12CCCC2. The van der Waals surface area contributed by atoms with E-state index in [-0.39, 0.29) is 17.1 Å². The van der Waals surface area contributed by atoms with Crippen LogP contribution in [0, 0.1) is 0 Å². The number of aromatic hydroxyl groups is 1. The average molecular weight is 203 g/mol. The fourth-order valence-electron chi connectivity index (χ4n) is 2.88.